The van der Waals surface area contributed by atoms with Gasteiger partial charge >= 0.3 is 5.97 Å². The second kappa shape index (κ2) is 13.1. The summed E-state index contributed by atoms with van der Waals surface area (Å²) in [7, 11) is 5.01. The average Bonchev–Trinajstić information content (AvgIpc) is 2.98. The number of halogens is 1. The van der Waals surface area contributed by atoms with Gasteiger partial charge in [0.05, 0.1) is 25.3 Å². The van der Waals surface area contributed by atoms with Gasteiger partial charge in [-0.15, -0.1) is 0 Å². The lowest BCUT2D eigenvalue weighted by atomic mass is 9.88. The fourth-order valence-electron chi connectivity index (χ4n) is 5.10. The lowest BCUT2D eigenvalue weighted by Crippen LogP contribution is -2.36. The molecule has 3 aromatic carbocycles. The Morgan fingerprint density at radius 1 is 1.00 bits per heavy atom. The highest BCUT2D eigenvalue weighted by molar-refractivity contribution is 5.95. The van der Waals surface area contributed by atoms with E-state index >= 15 is 4.39 Å². The third-order valence-corrected chi connectivity index (χ3v) is 7.32. The molecule has 0 saturated heterocycles. The van der Waals surface area contributed by atoms with Gasteiger partial charge in [0.2, 0.25) is 5.91 Å². The highest BCUT2D eigenvalue weighted by atomic mass is 19.1. The summed E-state index contributed by atoms with van der Waals surface area (Å²) >= 11 is 0. The highest BCUT2D eigenvalue weighted by Crippen LogP contribution is 2.32. The van der Waals surface area contributed by atoms with E-state index in [-0.39, 0.29) is 18.4 Å². The molecule has 1 fully saturated rings. The van der Waals surface area contributed by atoms with Gasteiger partial charge in [-0.3, -0.25) is 4.79 Å². The Morgan fingerprint density at radius 2 is 1.75 bits per heavy atom. The standard InChI is InChI=1S/C33H34FN3O3/c1-36(2)27-14-16-30(31(34)20-27)29-15-12-24(18-26(29)21-35)22-37(33(39)25-9-5-4-6-10-25)28-11-7-8-23(19-28)13-17-32(38)40-3/h7-8,11-20,25H,4-6,9-10,22H2,1-3H3/b17-13+. The molecule has 6 nitrogen and oxygen atoms in total. The first-order chi connectivity index (χ1) is 19.3. The maximum atomic E-state index is 15.0. The van der Waals surface area contributed by atoms with E-state index in [1.807, 2.05) is 55.4 Å². The van der Waals surface area contributed by atoms with Gasteiger partial charge in [0.15, 0.2) is 0 Å². The molecule has 3 aromatic rings. The number of hydrogen-bond donors (Lipinski definition) is 0. The first-order valence-corrected chi connectivity index (χ1v) is 13.5. The van der Waals surface area contributed by atoms with Gasteiger partial charge in [-0.05, 0) is 66.4 Å². The van der Waals surface area contributed by atoms with Gasteiger partial charge < -0.3 is 14.5 Å². The van der Waals surface area contributed by atoms with Crippen molar-refractivity contribution >= 4 is 29.3 Å². The predicted octanol–water partition coefficient (Wildman–Crippen LogP) is 6.73. The summed E-state index contributed by atoms with van der Waals surface area (Å²) in [6.45, 7) is 0.260. The Balaban J connectivity index is 1.68. The van der Waals surface area contributed by atoms with Crippen LogP contribution in [0.25, 0.3) is 17.2 Å². The first kappa shape index (κ1) is 28.6. The van der Waals surface area contributed by atoms with Crippen molar-refractivity contribution < 1.29 is 18.7 Å². The summed E-state index contributed by atoms with van der Waals surface area (Å²) in [5, 5.41) is 9.96. The van der Waals surface area contributed by atoms with Crippen LogP contribution < -0.4 is 9.80 Å². The number of anilines is 2. The van der Waals surface area contributed by atoms with Crippen LogP contribution in [0.1, 0.15) is 48.8 Å². The largest absolute Gasteiger partial charge is 0.466 e. The molecule has 1 aliphatic rings. The Hall–Kier alpha value is -4.44. The van der Waals surface area contributed by atoms with Crippen molar-refractivity contribution in [2.75, 3.05) is 31.0 Å². The smallest absolute Gasteiger partial charge is 0.330 e. The van der Waals surface area contributed by atoms with Crippen LogP contribution in [0.2, 0.25) is 0 Å². The molecule has 0 aliphatic heterocycles. The third-order valence-electron chi connectivity index (χ3n) is 7.32. The van der Waals surface area contributed by atoms with Crippen LogP contribution in [-0.4, -0.2) is 33.1 Å². The molecule has 0 N–H and O–H groups in total. The van der Waals surface area contributed by atoms with E-state index in [1.165, 1.54) is 19.3 Å². The Labute approximate surface area is 235 Å². The van der Waals surface area contributed by atoms with Crippen molar-refractivity contribution in [2.45, 2.75) is 38.6 Å². The number of carbonyl (C=O) groups excluding carboxylic acids is 2. The second-order valence-electron chi connectivity index (χ2n) is 10.3. The van der Waals surface area contributed by atoms with Crippen molar-refractivity contribution in [2.24, 2.45) is 5.92 Å². The number of carbonyl (C=O) groups is 2. The Kier molecular flexibility index (Phi) is 9.34. The lowest BCUT2D eigenvalue weighted by molar-refractivity contribution is -0.134. The summed E-state index contributed by atoms with van der Waals surface area (Å²) in [5.41, 5.74) is 4.17. The number of nitriles is 1. The normalized spacial score (nSPS) is 13.6. The van der Waals surface area contributed by atoms with Crippen molar-refractivity contribution in [3.8, 4) is 17.2 Å². The van der Waals surface area contributed by atoms with E-state index < -0.39 is 11.8 Å². The maximum absolute atomic E-state index is 15.0. The Morgan fingerprint density at radius 3 is 2.42 bits per heavy atom. The van der Waals surface area contributed by atoms with E-state index in [1.54, 1.807) is 29.2 Å². The molecule has 0 aromatic heterocycles. The minimum absolute atomic E-state index is 0.0432. The number of esters is 1. The van der Waals surface area contributed by atoms with Gasteiger partial charge in [0.25, 0.3) is 0 Å². The van der Waals surface area contributed by atoms with E-state index in [4.69, 9.17) is 4.74 Å². The summed E-state index contributed by atoms with van der Waals surface area (Å²) in [4.78, 5) is 29.0. The number of methoxy groups -OCH3 is 1. The van der Waals surface area contributed by atoms with E-state index in [9.17, 15) is 14.9 Å². The molecular weight excluding hydrogens is 505 g/mol. The van der Waals surface area contributed by atoms with Crippen LogP contribution in [0, 0.1) is 23.1 Å². The SMILES string of the molecule is COC(=O)/C=C/c1cccc(N(Cc2ccc(-c3ccc(N(C)C)cc3F)c(C#N)c2)C(=O)C2CCCCC2)c1. The van der Waals surface area contributed by atoms with Crippen molar-refractivity contribution in [1.82, 2.24) is 0 Å². The number of amides is 1. The van der Waals surface area contributed by atoms with Crippen molar-refractivity contribution in [1.29, 1.82) is 5.26 Å². The van der Waals surface area contributed by atoms with Gasteiger partial charge in [0.1, 0.15) is 5.82 Å². The van der Waals surface area contributed by atoms with Gasteiger partial charge in [-0.1, -0.05) is 43.5 Å². The van der Waals surface area contributed by atoms with Crippen LogP contribution in [0.3, 0.4) is 0 Å². The monoisotopic (exact) mass is 539 g/mol. The fraction of sp³-hybridized carbons (Fsp3) is 0.303. The number of hydrogen-bond acceptors (Lipinski definition) is 5. The molecule has 0 spiro atoms. The zero-order valence-electron chi connectivity index (χ0n) is 23.2. The number of benzene rings is 3. The van der Waals surface area contributed by atoms with Crippen LogP contribution >= 0.6 is 0 Å². The summed E-state index contributed by atoms with van der Waals surface area (Å²) in [6.07, 6.45) is 7.88. The molecule has 0 heterocycles. The van der Waals surface area contributed by atoms with Gasteiger partial charge in [-0.2, -0.15) is 5.26 Å². The van der Waals surface area contributed by atoms with E-state index in [2.05, 4.69) is 6.07 Å². The third kappa shape index (κ3) is 6.76. The van der Waals surface area contributed by atoms with Crippen LogP contribution in [-0.2, 0) is 20.9 Å². The first-order valence-electron chi connectivity index (χ1n) is 13.5. The highest BCUT2D eigenvalue weighted by Gasteiger charge is 2.27. The molecule has 206 valence electrons. The topological polar surface area (TPSA) is 73.6 Å². The molecule has 0 unspecified atom stereocenters. The van der Waals surface area contributed by atoms with Gasteiger partial charge in [0, 0.05) is 48.6 Å². The zero-order chi connectivity index (χ0) is 28.6. The van der Waals surface area contributed by atoms with Crippen LogP contribution in [0.15, 0.2) is 66.7 Å². The van der Waals surface area contributed by atoms with Crippen molar-refractivity contribution in [3.05, 3.63) is 89.2 Å². The summed E-state index contributed by atoms with van der Waals surface area (Å²) in [6, 6.07) is 19.9. The zero-order valence-corrected chi connectivity index (χ0v) is 23.2. The average molecular weight is 540 g/mol. The maximum Gasteiger partial charge on any atom is 0.330 e. The number of rotatable bonds is 8. The van der Waals surface area contributed by atoms with Crippen LogP contribution in [0.5, 0.6) is 0 Å². The minimum Gasteiger partial charge on any atom is -0.466 e. The molecule has 1 amide bonds. The molecule has 4 rings (SSSR count). The predicted molar refractivity (Wildman–Crippen MR) is 156 cm³/mol. The molecule has 0 atom stereocenters. The summed E-state index contributed by atoms with van der Waals surface area (Å²) in [5.74, 6) is -0.887. The lowest BCUT2D eigenvalue weighted by Gasteiger charge is -2.30. The van der Waals surface area contributed by atoms with E-state index in [0.29, 0.717) is 22.4 Å². The molecular formula is C33H34FN3O3. The molecule has 1 aliphatic carbocycles. The molecule has 1 saturated carbocycles. The minimum atomic E-state index is -0.461. The quantitative estimate of drug-likeness (QED) is 0.234. The molecule has 0 bridgehead atoms. The van der Waals surface area contributed by atoms with E-state index in [0.717, 1.165) is 48.9 Å². The fourth-order valence-corrected chi connectivity index (χ4v) is 5.10. The number of ether oxygens (including phenoxy) is 1. The Bertz CT molecular complexity index is 1450. The second-order valence-corrected chi connectivity index (χ2v) is 10.3. The summed E-state index contributed by atoms with van der Waals surface area (Å²) < 4.78 is 19.7. The number of nitrogens with zero attached hydrogens (tertiary/aromatic N) is 3. The van der Waals surface area contributed by atoms with Gasteiger partial charge in [-0.25, -0.2) is 9.18 Å². The van der Waals surface area contributed by atoms with Crippen LogP contribution in [0.4, 0.5) is 15.8 Å². The molecule has 40 heavy (non-hydrogen) atoms. The molecule has 7 heteroatoms. The molecule has 0 radical (unpaired) electrons. The van der Waals surface area contributed by atoms with Crippen molar-refractivity contribution in [3.63, 3.8) is 0 Å².